The zero-order chi connectivity index (χ0) is 36.5. The molecule has 3 heteroatoms. The minimum absolute atomic E-state index is 0.110. The molecule has 0 radical (unpaired) electrons. The van der Waals surface area contributed by atoms with E-state index in [4.69, 9.17) is 0 Å². The molecule has 2 aliphatic heterocycles. The molecule has 2 nitrogen and oxygen atoms in total. The zero-order valence-electron chi connectivity index (χ0n) is 30.6. The number of anilines is 3. The summed E-state index contributed by atoms with van der Waals surface area (Å²) in [6.45, 7) is 4.74. The largest absolute Gasteiger partial charge is 0.309 e. The first kappa shape index (κ1) is 31.1. The highest BCUT2D eigenvalue weighted by atomic mass is 32.2. The number of fused-ring (bicyclic) bond motifs is 14. The maximum absolute atomic E-state index is 2.52. The quantitative estimate of drug-likeness (QED) is 0.180. The molecule has 12 rings (SSSR count). The summed E-state index contributed by atoms with van der Waals surface area (Å²) >= 11 is 1.91. The highest BCUT2D eigenvalue weighted by Gasteiger charge is 2.50. The lowest BCUT2D eigenvalue weighted by molar-refractivity contribution is 0.660. The van der Waals surface area contributed by atoms with Gasteiger partial charge in [-0.25, -0.2) is 0 Å². The van der Waals surface area contributed by atoms with E-state index in [0.29, 0.717) is 0 Å². The molecule has 55 heavy (non-hydrogen) atoms. The molecular weight excluding hydrogens is 685 g/mol. The van der Waals surface area contributed by atoms with E-state index in [1.165, 1.54) is 93.2 Å². The van der Waals surface area contributed by atoms with Crippen LogP contribution in [0, 0.1) is 0 Å². The molecule has 1 atom stereocenters. The minimum atomic E-state index is -0.544. The van der Waals surface area contributed by atoms with Crippen molar-refractivity contribution in [1.82, 2.24) is 4.57 Å². The van der Waals surface area contributed by atoms with E-state index in [-0.39, 0.29) is 5.41 Å². The van der Waals surface area contributed by atoms with Crippen LogP contribution in [0.15, 0.2) is 192 Å². The Morgan fingerprint density at radius 1 is 0.473 bits per heavy atom. The average molecular weight is 721 g/mol. The van der Waals surface area contributed by atoms with Gasteiger partial charge in [0.15, 0.2) is 0 Å². The standard InChI is InChI=1S/C52H36N2S/c1-51(2)39-21-8-6-18-35(39)36-31-30-34(32-44(36)51)53(33-16-4-3-5-17-33)47-28-15-25-43-50(47)55-48-29-13-10-23-41(48)52(43)40-22-9-12-27-46(40)54-45-26-11-7-19-37(45)38-20-14-24-42(52)49(38)54/h3-32H,1-2H3. The highest BCUT2D eigenvalue weighted by Crippen LogP contribution is 2.62. The molecule has 3 heterocycles. The molecule has 0 saturated carbocycles. The van der Waals surface area contributed by atoms with Gasteiger partial charge < -0.3 is 9.47 Å². The maximum atomic E-state index is 2.52. The summed E-state index contributed by atoms with van der Waals surface area (Å²) in [7, 11) is 0. The summed E-state index contributed by atoms with van der Waals surface area (Å²) in [5.74, 6) is 0. The van der Waals surface area contributed by atoms with Crippen molar-refractivity contribution in [3.8, 4) is 16.8 Å². The number of hydrogen-bond acceptors (Lipinski definition) is 2. The Kier molecular flexibility index (Phi) is 6.29. The normalized spacial score (nSPS) is 16.7. The fourth-order valence-electron chi connectivity index (χ4n) is 10.3. The van der Waals surface area contributed by atoms with Gasteiger partial charge in [-0.15, -0.1) is 0 Å². The predicted molar refractivity (Wildman–Crippen MR) is 229 cm³/mol. The second kappa shape index (κ2) is 11.1. The van der Waals surface area contributed by atoms with E-state index < -0.39 is 5.41 Å². The van der Waals surface area contributed by atoms with Crippen LogP contribution < -0.4 is 4.90 Å². The van der Waals surface area contributed by atoms with Crippen molar-refractivity contribution < 1.29 is 0 Å². The fraction of sp³-hybridized carbons (Fsp3) is 0.0769. The molecule has 8 aromatic carbocycles. The van der Waals surface area contributed by atoms with Crippen LogP contribution in [-0.2, 0) is 10.8 Å². The van der Waals surface area contributed by atoms with Crippen LogP contribution in [0.25, 0.3) is 38.6 Å². The number of aromatic nitrogens is 1. The Morgan fingerprint density at radius 2 is 1.13 bits per heavy atom. The van der Waals surface area contributed by atoms with Gasteiger partial charge in [-0.3, -0.25) is 0 Å². The van der Waals surface area contributed by atoms with Gasteiger partial charge in [-0.05, 0) is 93.0 Å². The molecule has 0 saturated heterocycles. The molecule has 1 aliphatic carbocycles. The topological polar surface area (TPSA) is 8.17 Å². The number of para-hydroxylation sites is 4. The van der Waals surface area contributed by atoms with Gasteiger partial charge in [-0.1, -0.05) is 159 Å². The Labute approximate surface area is 325 Å². The van der Waals surface area contributed by atoms with E-state index in [1.807, 2.05) is 11.8 Å². The summed E-state index contributed by atoms with van der Waals surface area (Å²) in [6, 6.07) is 68.2. The fourth-order valence-corrected chi connectivity index (χ4v) is 11.6. The van der Waals surface area contributed by atoms with E-state index in [9.17, 15) is 0 Å². The zero-order valence-corrected chi connectivity index (χ0v) is 31.4. The van der Waals surface area contributed by atoms with Crippen molar-refractivity contribution in [3.05, 3.63) is 215 Å². The maximum Gasteiger partial charge on any atom is 0.0765 e. The Morgan fingerprint density at radius 3 is 2.02 bits per heavy atom. The van der Waals surface area contributed by atoms with Crippen LogP contribution in [0.5, 0.6) is 0 Å². The van der Waals surface area contributed by atoms with Crippen LogP contribution in [-0.4, -0.2) is 4.57 Å². The van der Waals surface area contributed by atoms with Gasteiger partial charge >= 0.3 is 0 Å². The lowest BCUT2D eigenvalue weighted by Crippen LogP contribution is -2.38. The molecule has 0 N–H and O–H groups in total. The van der Waals surface area contributed by atoms with Crippen LogP contribution in [0.2, 0.25) is 0 Å². The van der Waals surface area contributed by atoms with Gasteiger partial charge in [0, 0.05) is 37.4 Å². The third-order valence-corrected chi connectivity index (χ3v) is 13.8. The molecule has 3 aliphatic rings. The average Bonchev–Trinajstić information content (AvgIpc) is 3.69. The number of nitrogens with zero attached hydrogens (tertiary/aromatic N) is 2. The van der Waals surface area contributed by atoms with E-state index in [1.54, 1.807) is 0 Å². The van der Waals surface area contributed by atoms with Crippen molar-refractivity contribution >= 4 is 50.6 Å². The summed E-state index contributed by atoms with van der Waals surface area (Å²) < 4.78 is 2.52. The Bertz CT molecular complexity index is 3060. The summed E-state index contributed by atoms with van der Waals surface area (Å²) in [4.78, 5) is 5.07. The van der Waals surface area contributed by atoms with Gasteiger partial charge in [0.25, 0.3) is 0 Å². The molecule has 0 fully saturated rings. The molecule has 1 spiro atoms. The number of benzene rings is 8. The van der Waals surface area contributed by atoms with Gasteiger partial charge in [0.05, 0.1) is 27.8 Å². The molecule has 260 valence electrons. The van der Waals surface area contributed by atoms with Crippen LogP contribution >= 0.6 is 11.8 Å². The lowest BCUT2D eigenvalue weighted by atomic mass is 9.62. The molecule has 9 aromatic rings. The first-order chi connectivity index (χ1) is 27.1. The summed E-state index contributed by atoms with van der Waals surface area (Å²) in [5, 5.41) is 2.58. The Hall–Kier alpha value is -6.29. The molecule has 0 amide bonds. The van der Waals surface area contributed by atoms with E-state index in [0.717, 1.165) is 5.69 Å². The Balaban J connectivity index is 1.18. The van der Waals surface area contributed by atoms with Crippen LogP contribution in [0.4, 0.5) is 17.1 Å². The van der Waals surface area contributed by atoms with Crippen molar-refractivity contribution in [2.45, 2.75) is 34.5 Å². The van der Waals surface area contributed by atoms with E-state index >= 15 is 0 Å². The lowest BCUT2D eigenvalue weighted by Gasteiger charge is -2.46. The van der Waals surface area contributed by atoms with Crippen molar-refractivity contribution in [2.24, 2.45) is 0 Å². The van der Waals surface area contributed by atoms with Gasteiger partial charge in [-0.2, -0.15) is 0 Å². The molecule has 1 unspecified atom stereocenters. The summed E-state index contributed by atoms with van der Waals surface area (Å²) in [6.07, 6.45) is 0. The van der Waals surface area contributed by atoms with Crippen molar-refractivity contribution in [1.29, 1.82) is 0 Å². The monoisotopic (exact) mass is 720 g/mol. The van der Waals surface area contributed by atoms with Crippen molar-refractivity contribution in [2.75, 3.05) is 4.90 Å². The smallest absolute Gasteiger partial charge is 0.0765 e. The number of hydrogen-bond donors (Lipinski definition) is 0. The second-order valence-corrected chi connectivity index (χ2v) is 16.7. The van der Waals surface area contributed by atoms with E-state index in [2.05, 4.69) is 205 Å². The summed E-state index contributed by atoms with van der Waals surface area (Å²) in [5.41, 5.74) is 17.3. The van der Waals surface area contributed by atoms with Crippen LogP contribution in [0.1, 0.15) is 47.2 Å². The second-order valence-electron chi connectivity index (χ2n) is 15.6. The van der Waals surface area contributed by atoms with Gasteiger partial charge in [0.1, 0.15) is 0 Å². The van der Waals surface area contributed by atoms with Gasteiger partial charge in [0.2, 0.25) is 0 Å². The first-order valence-corrected chi connectivity index (χ1v) is 20.0. The molecular formula is C52H36N2S. The third-order valence-electron chi connectivity index (χ3n) is 12.6. The SMILES string of the molecule is CC1(C)c2ccccc2-c2ccc(N(c3ccccc3)c3cccc4c3Sc3ccccc3C43c4ccccc4-n4c5ccccc5c5cccc3c54)cc21. The molecule has 1 aromatic heterocycles. The van der Waals surface area contributed by atoms with Crippen molar-refractivity contribution in [3.63, 3.8) is 0 Å². The minimum Gasteiger partial charge on any atom is -0.309 e. The predicted octanol–water partition coefficient (Wildman–Crippen LogP) is 13.7. The molecule has 0 bridgehead atoms. The van der Waals surface area contributed by atoms with Crippen LogP contribution in [0.3, 0.4) is 0 Å². The number of rotatable bonds is 3. The third kappa shape index (κ3) is 3.96. The first-order valence-electron chi connectivity index (χ1n) is 19.2. The highest BCUT2D eigenvalue weighted by molar-refractivity contribution is 7.99.